The van der Waals surface area contributed by atoms with Gasteiger partial charge in [0.1, 0.15) is 0 Å². The molecule has 0 radical (unpaired) electrons. The number of nitrogen functional groups attached to an aromatic ring is 1. The summed E-state index contributed by atoms with van der Waals surface area (Å²) in [7, 11) is 0. The van der Waals surface area contributed by atoms with Gasteiger partial charge in [-0.05, 0) is 32.3 Å². The van der Waals surface area contributed by atoms with Crippen LogP contribution < -0.4 is 10.6 Å². The fraction of sp³-hybridized carbons (Fsp3) is 0.571. The summed E-state index contributed by atoms with van der Waals surface area (Å²) in [5.74, 6) is 0.924. The number of carbonyl (C=O) groups is 1. The van der Waals surface area contributed by atoms with Gasteiger partial charge in [0.15, 0.2) is 5.82 Å². The molecule has 0 saturated carbocycles. The maximum atomic E-state index is 11.8. The molecule has 0 aliphatic carbocycles. The van der Waals surface area contributed by atoms with E-state index in [-0.39, 0.29) is 5.97 Å². The quantitative estimate of drug-likeness (QED) is 0.845. The van der Waals surface area contributed by atoms with Crippen molar-refractivity contribution in [3.8, 4) is 0 Å². The second-order valence-electron chi connectivity index (χ2n) is 5.16. The van der Waals surface area contributed by atoms with Gasteiger partial charge >= 0.3 is 5.97 Å². The van der Waals surface area contributed by atoms with Crippen LogP contribution in [0.2, 0.25) is 0 Å². The first-order chi connectivity index (χ1) is 9.04. The van der Waals surface area contributed by atoms with E-state index in [1.165, 1.54) is 0 Å². The van der Waals surface area contributed by atoms with Crippen molar-refractivity contribution in [3.63, 3.8) is 0 Å². The van der Waals surface area contributed by atoms with Gasteiger partial charge < -0.3 is 15.4 Å². The highest BCUT2D eigenvalue weighted by molar-refractivity contribution is 5.97. The number of rotatable bonds is 3. The van der Waals surface area contributed by atoms with Crippen molar-refractivity contribution >= 4 is 17.5 Å². The maximum absolute atomic E-state index is 11.8. The summed E-state index contributed by atoms with van der Waals surface area (Å²) in [4.78, 5) is 18.3. The Balaban J connectivity index is 2.32. The molecule has 2 rings (SSSR count). The summed E-state index contributed by atoms with van der Waals surface area (Å²) in [6.45, 7) is 7.40. The van der Waals surface area contributed by atoms with Crippen molar-refractivity contribution < 1.29 is 9.53 Å². The molecule has 5 nitrogen and oxygen atoms in total. The summed E-state index contributed by atoms with van der Waals surface area (Å²) in [6.07, 6.45) is 2.73. The number of carbonyl (C=O) groups excluding carboxylic acids is 1. The second-order valence-corrected chi connectivity index (χ2v) is 5.16. The highest BCUT2D eigenvalue weighted by Crippen LogP contribution is 2.32. The van der Waals surface area contributed by atoms with E-state index in [1.807, 2.05) is 0 Å². The highest BCUT2D eigenvalue weighted by Gasteiger charge is 2.29. The van der Waals surface area contributed by atoms with Crippen molar-refractivity contribution in [2.75, 3.05) is 23.8 Å². The number of ether oxygens (including phenoxy) is 1. The van der Waals surface area contributed by atoms with Crippen LogP contribution in [0.3, 0.4) is 0 Å². The molecule has 0 amide bonds. The van der Waals surface area contributed by atoms with Gasteiger partial charge in [-0.3, -0.25) is 0 Å². The van der Waals surface area contributed by atoms with E-state index in [0.29, 0.717) is 35.6 Å². The number of hydrogen-bond acceptors (Lipinski definition) is 5. The molecule has 0 spiro atoms. The Morgan fingerprint density at radius 1 is 1.58 bits per heavy atom. The van der Waals surface area contributed by atoms with Gasteiger partial charge in [0, 0.05) is 18.8 Å². The lowest BCUT2D eigenvalue weighted by molar-refractivity contribution is 0.0527. The lowest BCUT2D eigenvalue weighted by Crippen LogP contribution is -2.29. The molecule has 1 aliphatic heterocycles. The zero-order valence-electron chi connectivity index (χ0n) is 11.7. The molecule has 104 valence electrons. The average Bonchev–Trinajstić information content (AvgIpc) is 2.69. The standard InChI is InChI=1S/C14H21N3O2/c1-4-19-14(18)11-5-6-16-13(12(11)15)17-8-9(2)7-10(17)3/h5-6,9-10H,4,7-8,15H2,1-3H3. The van der Waals surface area contributed by atoms with Crippen LogP contribution in [0.1, 0.15) is 37.6 Å². The zero-order valence-corrected chi connectivity index (χ0v) is 11.7. The second kappa shape index (κ2) is 5.47. The lowest BCUT2D eigenvalue weighted by atomic mass is 10.1. The van der Waals surface area contributed by atoms with E-state index in [1.54, 1.807) is 19.2 Å². The van der Waals surface area contributed by atoms with E-state index in [0.717, 1.165) is 13.0 Å². The predicted octanol–water partition coefficient (Wildman–Crippen LogP) is 2.08. The Kier molecular flexibility index (Phi) is 3.93. The molecule has 1 aromatic rings. The molecule has 2 N–H and O–H groups in total. The van der Waals surface area contributed by atoms with Gasteiger partial charge in [0.05, 0.1) is 17.9 Å². The van der Waals surface area contributed by atoms with Gasteiger partial charge in [0.2, 0.25) is 0 Å². The van der Waals surface area contributed by atoms with Gasteiger partial charge in [-0.2, -0.15) is 0 Å². The van der Waals surface area contributed by atoms with Gasteiger partial charge in [-0.1, -0.05) is 6.92 Å². The molecule has 1 aromatic heterocycles. The largest absolute Gasteiger partial charge is 0.462 e. The number of hydrogen-bond donors (Lipinski definition) is 1. The van der Waals surface area contributed by atoms with Crippen molar-refractivity contribution in [1.82, 2.24) is 4.98 Å². The molecule has 1 aliphatic rings. The van der Waals surface area contributed by atoms with Gasteiger partial charge in [-0.15, -0.1) is 0 Å². The molecule has 0 bridgehead atoms. The summed E-state index contributed by atoms with van der Waals surface area (Å²) < 4.78 is 5.01. The van der Waals surface area contributed by atoms with E-state index in [2.05, 4.69) is 23.7 Å². The molecule has 0 aromatic carbocycles. The number of anilines is 2. The Morgan fingerprint density at radius 2 is 2.32 bits per heavy atom. The smallest absolute Gasteiger partial charge is 0.340 e. The summed E-state index contributed by atoms with van der Waals surface area (Å²) in [5, 5.41) is 0. The first kappa shape index (κ1) is 13.6. The van der Waals surface area contributed by atoms with Gasteiger partial charge in [-0.25, -0.2) is 9.78 Å². The summed E-state index contributed by atoms with van der Waals surface area (Å²) in [5.41, 5.74) is 6.92. The van der Waals surface area contributed by atoms with Crippen molar-refractivity contribution in [2.45, 2.75) is 33.2 Å². The third kappa shape index (κ3) is 2.64. The van der Waals surface area contributed by atoms with Crippen LogP contribution in [0, 0.1) is 5.92 Å². The minimum atomic E-state index is -0.386. The van der Waals surface area contributed by atoms with E-state index < -0.39 is 0 Å². The molecular formula is C14H21N3O2. The number of pyridine rings is 1. The summed E-state index contributed by atoms with van der Waals surface area (Å²) >= 11 is 0. The first-order valence-corrected chi connectivity index (χ1v) is 6.72. The Bertz CT molecular complexity index is 476. The Morgan fingerprint density at radius 3 is 2.89 bits per heavy atom. The van der Waals surface area contributed by atoms with Crippen LogP contribution in [-0.4, -0.2) is 30.1 Å². The molecule has 2 atom stereocenters. The van der Waals surface area contributed by atoms with Crippen molar-refractivity contribution in [3.05, 3.63) is 17.8 Å². The normalized spacial score (nSPS) is 22.6. The minimum absolute atomic E-state index is 0.340. The predicted molar refractivity (Wildman–Crippen MR) is 75.2 cm³/mol. The first-order valence-electron chi connectivity index (χ1n) is 6.72. The maximum Gasteiger partial charge on any atom is 0.340 e. The van der Waals surface area contributed by atoms with Crippen LogP contribution in [0.4, 0.5) is 11.5 Å². The minimum Gasteiger partial charge on any atom is -0.462 e. The number of aromatic nitrogens is 1. The fourth-order valence-corrected chi connectivity index (χ4v) is 2.67. The van der Waals surface area contributed by atoms with Crippen molar-refractivity contribution in [2.24, 2.45) is 5.92 Å². The van der Waals surface area contributed by atoms with E-state index in [4.69, 9.17) is 10.5 Å². The fourth-order valence-electron chi connectivity index (χ4n) is 2.67. The van der Waals surface area contributed by atoms with Crippen LogP contribution in [0.25, 0.3) is 0 Å². The molecule has 2 heterocycles. The third-order valence-corrected chi connectivity index (χ3v) is 3.52. The molecule has 2 unspecified atom stereocenters. The summed E-state index contributed by atoms with van der Waals surface area (Å²) in [6, 6.07) is 2.00. The number of nitrogens with zero attached hydrogens (tertiary/aromatic N) is 2. The lowest BCUT2D eigenvalue weighted by Gasteiger charge is -2.24. The number of nitrogens with two attached hydrogens (primary N) is 1. The molecule has 5 heteroatoms. The monoisotopic (exact) mass is 263 g/mol. The van der Waals surface area contributed by atoms with Crippen LogP contribution >= 0.6 is 0 Å². The van der Waals surface area contributed by atoms with Crippen LogP contribution in [0.5, 0.6) is 0 Å². The zero-order chi connectivity index (χ0) is 14.0. The molecule has 1 saturated heterocycles. The Hall–Kier alpha value is -1.78. The highest BCUT2D eigenvalue weighted by atomic mass is 16.5. The van der Waals surface area contributed by atoms with Crippen molar-refractivity contribution in [1.29, 1.82) is 0 Å². The third-order valence-electron chi connectivity index (χ3n) is 3.52. The van der Waals surface area contributed by atoms with Crippen LogP contribution in [0.15, 0.2) is 12.3 Å². The average molecular weight is 263 g/mol. The topological polar surface area (TPSA) is 68.5 Å². The molecular weight excluding hydrogens is 242 g/mol. The van der Waals surface area contributed by atoms with E-state index >= 15 is 0 Å². The van der Waals surface area contributed by atoms with Gasteiger partial charge in [0.25, 0.3) is 0 Å². The SMILES string of the molecule is CCOC(=O)c1ccnc(N2CC(C)CC2C)c1N. The van der Waals surface area contributed by atoms with Crippen LogP contribution in [-0.2, 0) is 4.74 Å². The van der Waals surface area contributed by atoms with E-state index in [9.17, 15) is 4.79 Å². The molecule has 1 fully saturated rings. The molecule has 19 heavy (non-hydrogen) atoms. The Labute approximate surface area is 113 Å². The number of esters is 1.